The molecule has 1 fully saturated rings. The van der Waals surface area contributed by atoms with Crippen molar-refractivity contribution in [1.29, 1.82) is 0 Å². The molecular weight excluding hydrogens is 210 g/mol. The second-order valence-electron chi connectivity index (χ2n) is 6.61. The third-order valence-corrected chi connectivity index (χ3v) is 3.98. The zero-order valence-corrected chi connectivity index (χ0v) is 12.1. The first-order valence-electron chi connectivity index (χ1n) is 7.38. The fraction of sp³-hybridized carbons (Fsp3) is 1.00. The molecule has 0 bridgehead atoms. The van der Waals surface area contributed by atoms with Crippen molar-refractivity contribution in [2.45, 2.75) is 77.9 Å². The lowest BCUT2D eigenvalue weighted by atomic mass is 9.84. The third kappa shape index (κ3) is 5.87. The number of rotatable bonds is 6. The molecule has 0 radical (unpaired) electrons. The molecule has 3 unspecified atom stereocenters. The highest BCUT2D eigenvalue weighted by molar-refractivity contribution is 4.82. The largest absolute Gasteiger partial charge is 0.389 e. The minimum atomic E-state index is -0.548. The van der Waals surface area contributed by atoms with Crippen LogP contribution in [-0.2, 0) is 0 Å². The molecule has 3 atom stereocenters. The molecule has 1 aliphatic carbocycles. The summed E-state index contributed by atoms with van der Waals surface area (Å²) in [6, 6.07) is 0.632. The second-order valence-corrected chi connectivity index (χ2v) is 6.61. The Kier molecular flexibility index (Phi) is 5.94. The van der Waals surface area contributed by atoms with Gasteiger partial charge in [-0.05, 0) is 38.0 Å². The molecule has 1 aliphatic rings. The Morgan fingerprint density at radius 2 is 2.06 bits per heavy atom. The molecule has 0 aromatic heterocycles. The topological polar surface area (TPSA) is 32.3 Å². The Balaban J connectivity index is 2.29. The van der Waals surface area contributed by atoms with Crippen molar-refractivity contribution >= 4 is 0 Å². The summed E-state index contributed by atoms with van der Waals surface area (Å²) in [7, 11) is 0. The van der Waals surface area contributed by atoms with Crippen molar-refractivity contribution in [3.05, 3.63) is 0 Å². The van der Waals surface area contributed by atoms with E-state index in [0.717, 1.165) is 18.9 Å². The van der Waals surface area contributed by atoms with Gasteiger partial charge in [0.2, 0.25) is 0 Å². The highest BCUT2D eigenvalue weighted by atomic mass is 16.3. The van der Waals surface area contributed by atoms with Crippen LogP contribution in [-0.4, -0.2) is 23.3 Å². The van der Waals surface area contributed by atoms with Crippen LogP contribution in [0.4, 0.5) is 0 Å². The summed E-state index contributed by atoms with van der Waals surface area (Å²) in [5.74, 6) is 1.46. The van der Waals surface area contributed by atoms with Gasteiger partial charge < -0.3 is 10.4 Å². The number of hydrogen-bond donors (Lipinski definition) is 2. The van der Waals surface area contributed by atoms with E-state index in [2.05, 4.69) is 26.1 Å². The minimum absolute atomic E-state index is 0.548. The van der Waals surface area contributed by atoms with Gasteiger partial charge in [0, 0.05) is 12.6 Å². The fourth-order valence-electron chi connectivity index (χ4n) is 3.16. The van der Waals surface area contributed by atoms with Gasteiger partial charge in [-0.2, -0.15) is 0 Å². The van der Waals surface area contributed by atoms with Gasteiger partial charge >= 0.3 is 0 Å². The van der Waals surface area contributed by atoms with E-state index >= 15 is 0 Å². The second kappa shape index (κ2) is 6.75. The number of aliphatic hydroxyl groups is 1. The van der Waals surface area contributed by atoms with Gasteiger partial charge in [0.1, 0.15) is 0 Å². The van der Waals surface area contributed by atoms with Crippen LogP contribution in [0.3, 0.4) is 0 Å². The summed E-state index contributed by atoms with van der Waals surface area (Å²) in [6.07, 6.45) is 7.52. The van der Waals surface area contributed by atoms with Crippen LogP contribution in [0.25, 0.3) is 0 Å². The van der Waals surface area contributed by atoms with E-state index in [1.807, 2.05) is 6.92 Å². The van der Waals surface area contributed by atoms with E-state index in [9.17, 15) is 5.11 Å². The van der Waals surface area contributed by atoms with Crippen LogP contribution in [0.15, 0.2) is 0 Å². The zero-order chi connectivity index (χ0) is 12.9. The molecule has 2 N–H and O–H groups in total. The first-order chi connectivity index (χ1) is 7.93. The van der Waals surface area contributed by atoms with E-state index in [4.69, 9.17) is 0 Å². The quantitative estimate of drug-likeness (QED) is 0.747. The summed E-state index contributed by atoms with van der Waals surface area (Å²) in [5.41, 5.74) is -0.548. The fourth-order valence-corrected chi connectivity index (χ4v) is 3.16. The molecule has 0 aromatic rings. The Bertz CT molecular complexity index is 213. The molecule has 1 saturated carbocycles. The highest BCUT2D eigenvalue weighted by Gasteiger charge is 2.25. The Morgan fingerprint density at radius 1 is 1.35 bits per heavy atom. The lowest BCUT2D eigenvalue weighted by molar-refractivity contribution is 0.0336. The smallest absolute Gasteiger partial charge is 0.0746 e. The molecule has 0 saturated heterocycles. The average Bonchev–Trinajstić information content (AvgIpc) is 2.25. The first-order valence-corrected chi connectivity index (χ1v) is 7.38. The average molecular weight is 241 g/mol. The summed E-state index contributed by atoms with van der Waals surface area (Å²) in [5, 5.41) is 13.9. The summed E-state index contributed by atoms with van der Waals surface area (Å²) in [6.45, 7) is 9.33. The van der Waals surface area contributed by atoms with Crippen molar-refractivity contribution in [1.82, 2.24) is 5.32 Å². The monoisotopic (exact) mass is 241 g/mol. The van der Waals surface area contributed by atoms with Crippen molar-refractivity contribution in [2.24, 2.45) is 11.8 Å². The lowest BCUT2D eigenvalue weighted by Crippen LogP contribution is -2.44. The van der Waals surface area contributed by atoms with Gasteiger partial charge in [0.25, 0.3) is 0 Å². The van der Waals surface area contributed by atoms with Crippen molar-refractivity contribution in [2.75, 3.05) is 6.54 Å². The molecule has 102 valence electrons. The van der Waals surface area contributed by atoms with E-state index in [1.54, 1.807) is 0 Å². The Labute approximate surface area is 107 Å². The molecular formula is C15H31NO. The van der Waals surface area contributed by atoms with Crippen molar-refractivity contribution < 1.29 is 5.11 Å². The molecule has 0 heterocycles. The van der Waals surface area contributed by atoms with Gasteiger partial charge in [-0.1, -0.05) is 40.0 Å². The zero-order valence-electron chi connectivity index (χ0n) is 12.1. The van der Waals surface area contributed by atoms with Crippen LogP contribution >= 0.6 is 0 Å². The van der Waals surface area contributed by atoms with Gasteiger partial charge in [-0.3, -0.25) is 0 Å². The third-order valence-electron chi connectivity index (χ3n) is 3.98. The normalized spacial score (nSPS) is 29.3. The van der Waals surface area contributed by atoms with E-state index in [-0.39, 0.29) is 0 Å². The van der Waals surface area contributed by atoms with E-state index < -0.39 is 5.60 Å². The van der Waals surface area contributed by atoms with Crippen molar-refractivity contribution in [3.63, 3.8) is 0 Å². The summed E-state index contributed by atoms with van der Waals surface area (Å²) < 4.78 is 0. The Morgan fingerprint density at radius 3 is 2.65 bits per heavy atom. The number of hydrogen-bond acceptors (Lipinski definition) is 2. The van der Waals surface area contributed by atoms with Crippen LogP contribution in [0.5, 0.6) is 0 Å². The first kappa shape index (κ1) is 15.0. The molecule has 0 amide bonds. The van der Waals surface area contributed by atoms with Crippen LogP contribution in [0.2, 0.25) is 0 Å². The number of nitrogens with one attached hydrogen (secondary N) is 1. The Hall–Kier alpha value is -0.0800. The maximum atomic E-state index is 10.3. The van der Waals surface area contributed by atoms with Gasteiger partial charge in [-0.15, -0.1) is 0 Å². The minimum Gasteiger partial charge on any atom is -0.389 e. The molecule has 1 rings (SSSR count). The highest BCUT2D eigenvalue weighted by Crippen LogP contribution is 2.27. The van der Waals surface area contributed by atoms with Crippen LogP contribution in [0, 0.1) is 11.8 Å². The van der Waals surface area contributed by atoms with Gasteiger partial charge in [0.15, 0.2) is 0 Å². The van der Waals surface area contributed by atoms with Gasteiger partial charge in [-0.25, -0.2) is 0 Å². The summed E-state index contributed by atoms with van der Waals surface area (Å²) >= 11 is 0. The maximum absolute atomic E-state index is 10.3. The molecule has 0 spiro atoms. The maximum Gasteiger partial charge on any atom is 0.0746 e. The SMILES string of the molecule is CCC1CCCC(NCC(C)(O)CC(C)C)C1. The van der Waals surface area contributed by atoms with Crippen LogP contribution < -0.4 is 5.32 Å². The van der Waals surface area contributed by atoms with E-state index in [1.165, 1.54) is 32.1 Å². The lowest BCUT2D eigenvalue weighted by Gasteiger charge is -2.33. The van der Waals surface area contributed by atoms with E-state index in [0.29, 0.717) is 12.0 Å². The molecule has 0 aromatic carbocycles. The predicted octanol–water partition coefficient (Wildman–Crippen LogP) is 3.34. The van der Waals surface area contributed by atoms with Crippen LogP contribution in [0.1, 0.15) is 66.2 Å². The molecule has 0 aliphatic heterocycles. The molecule has 2 nitrogen and oxygen atoms in total. The predicted molar refractivity (Wildman–Crippen MR) is 74.1 cm³/mol. The summed E-state index contributed by atoms with van der Waals surface area (Å²) in [4.78, 5) is 0. The molecule has 2 heteroatoms. The standard InChI is InChI=1S/C15H31NO/c1-5-13-7-6-8-14(9-13)16-11-15(4,17)10-12(2)3/h12-14,16-17H,5-11H2,1-4H3. The van der Waals surface area contributed by atoms with Crippen molar-refractivity contribution in [3.8, 4) is 0 Å². The molecule has 17 heavy (non-hydrogen) atoms. The van der Waals surface area contributed by atoms with Gasteiger partial charge in [0.05, 0.1) is 5.60 Å².